The molecule has 0 radical (unpaired) electrons. The predicted molar refractivity (Wildman–Crippen MR) is 127 cm³/mol. The summed E-state index contributed by atoms with van der Waals surface area (Å²) in [6.45, 7) is 6.89. The Hall–Kier alpha value is -2.81. The van der Waals surface area contributed by atoms with Crippen molar-refractivity contribution in [3.8, 4) is 0 Å². The van der Waals surface area contributed by atoms with E-state index in [9.17, 15) is 18.0 Å². The summed E-state index contributed by atoms with van der Waals surface area (Å²) >= 11 is 0. The maximum absolute atomic E-state index is 13.6. The molecule has 2 aliphatic rings. The maximum Gasteiger partial charge on any atom is 0.416 e. The zero-order chi connectivity index (χ0) is 24.2. The van der Waals surface area contributed by atoms with Gasteiger partial charge in [0.05, 0.1) is 25.2 Å². The van der Waals surface area contributed by atoms with Crippen molar-refractivity contribution < 1.29 is 18.0 Å². The number of para-hydroxylation sites is 1. The van der Waals surface area contributed by atoms with E-state index in [2.05, 4.69) is 4.90 Å². The van der Waals surface area contributed by atoms with Gasteiger partial charge in [-0.1, -0.05) is 30.3 Å². The summed E-state index contributed by atoms with van der Waals surface area (Å²) in [6, 6.07) is 15.0. The highest BCUT2D eigenvalue weighted by Crippen LogP contribution is 2.43. The van der Waals surface area contributed by atoms with Crippen LogP contribution in [0.4, 0.5) is 18.9 Å². The average molecular weight is 475 g/mol. The Morgan fingerprint density at radius 2 is 1.55 bits per heavy atom. The van der Waals surface area contributed by atoms with E-state index in [1.807, 2.05) is 56.0 Å². The average Bonchev–Trinajstić information content (AvgIpc) is 2.73. The molecule has 5 nitrogen and oxygen atoms in total. The summed E-state index contributed by atoms with van der Waals surface area (Å²) in [7, 11) is 0.496. The first-order valence-electron chi connectivity index (χ1n) is 11.0. The summed E-state index contributed by atoms with van der Waals surface area (Å²) in [5, 5.41) is 8.32. The largest absolute Gasteiger partial charge is 0.416 e. The number of nitrogens with zero attached hydrogens (tertiary/aromatic N) is 3. The number of amidine groups is 1. The van der Waals surface area contributed by atoms with Crippen LogP contribution in [0.3, 0.4) is 0 Å². The lowest BCUT2D eigenvalue weighted by Crippen LogP contribution is -2.83. The molecule has 2 aromatic carbocycles. The molecule has 1 N–H and O–H groups in total. The number of anilines is 1. The second-order valence-corrected chi connectivity index (χ2v) is 11.6. The molecule has 1 unspecified atom stereocenters. The summed E-state index contributed by atoms with van der Waals surface area (Å²) in [5.41, 5.74) is 0.156. The second kappa shape index (κ2) is 7.90. The smallest absolute Gasteiger partial charge is 0.366 e. The van der Waals surface area contributed by atoms with Crippen molar-refractivity contribution >= 4 is 27.7 Å². The zero-order valence-electron chi connectivity index (χ0n) is 19.3. The van der Waals surface area contributed by atoms with Crippen LogP contribution in [0.15, 0.2) is 54.6 Å². The highest BCUT2D eigenvalue weighted by molar-refractivity contribution is 6.18. The zero-order valence-corrected chi connectivity index (χ0v) is 21.3. The molecule has 9 heteroatoms. The highest BCUT2D eigenvalue weighted by atomic mass is 28.1. The van der Waals surface area contributed by atoms with Crippen molar-refractivity contribution in [2.45, 2.75) is 43.7 Å². The first-order chi connectivity index (χ1) is 15.4. The predicted octanol–water partition coefficient (Wildman–Crippen LogP) is 3.03. The fourth-order valence-corrected chi connectivity index (χ4v) is 6.10. The van der Waals surface area contributed by atoms with Crippen molar-refractivity contribution in [1.29, 1.82) is 5.41 Å². The van der Waals surface area contributed by atoms with Crippen LogP contribution in [0.2, 0.25) is 0 Å². The van der Waals surface area contributed by atoms with E-state index in [4.69, 9.17) is 5.41 Å². The van der Waals surface area contributed by atoms with Gasteiger partial charge in [0.15, 0.2) is 0 Å². The number of hydrogen-bond acceptors (Lipinski definition) is 3. The fraction of sp³-hybridized carbons (Fsp3) is 0.417. The molecule has 1 atom stereocenters. The van der Waals surface area contributed by atoms with E-state index in [0.717, 1.165) is 17.8 Å². The molecule has 1 amide bonds. The minimum atomic E-state index is -4.41. The Kier molecular flexibility index (Phi) is 5.59. The number of amides is 1. The third-order valence-electron chi connectivity index (χ3n) is 6.84. The molecular formula is C24H29F3N4OSi. The van der Waals surface area contributed by atoms with Crippen LogP contribution in [0, 0.1) is 5.41 Å². The van der Waals surface area contributed by atoms with Gasteiger partial charge in [-0.3, -0.25) is 10.2 Å². The molecule has 0 aliphatic carbocycles. The lowest BCUT2D eigenvalue weighted by molar-refractivity contribution is -0.146. The Labute approximate surface area is 195 Å². The van der Waals surface area contributed by atoms with E-state index in [-0.39, 0.29) is 18.5 Å². The van der Waals surface area contributed by atoms with Crippen molar-refractivity contribution in [1.82, 2.24) is 9.80 Å². The van der Waals surface area contributed by atoms with Gasteiger partial charge in [-0.05, 0) is 50.6 Å². The number of carbonyl (C=O) groups excluding carboxylic acids is 1. The quantitative estimate of drug-likeness (QED) is 0.693. The lowest BCUT2D eigenvalue weighted by atomic mass is 9.80. The molecule has 33 heavy (non-hydrogen) atoms. The molecular weight excluding hydrogens is 445 g/mol. The van der Waals surface area contributed by atoms with Gasteiger partial charge in [0, 0.05) is 27.1 Å². The molecule has 1 spiro atoms. The van der Waals surface area contributed by atoms with Crippen LogP contribution in [0.5, 0.6) is 0 Å². The topological polar surface area (TPSA) is 50.6 Å². The number of hydrogen-bond donors (Lipinski definition) is 1. The molecule has 2 saturated heterocycles. The van der Waals surface area contributed by atoms with Gasteiger partial charge < -0.3 is 14.7 Å². The molecule has 176 valence electrons. The van der Waals surface area contributed by atoms with Crippen molar-refractivity contribution in [3.05, 3.63) is 65.7 Å². The Morgan fingerprint density at radius 3 is 2.06 bits per heavy atom. The molecule has 4 rings (SSSR count). The third kappa shape index (κ3) is 3.82. The summed E-state index contributed by atoms with van der Waals surface area (Å²) in [5.74, 6) is 0.308. The number of halogens is 3. The molecule has 0 saturated carbocycles. The van der Waals surface area contributed by atoms with Gasteiger partial charge in [0.1, 0.15) is 11.4 Å². The standard InChI is InChI=1S/C24H29F3N4OSi/c1-16(2)30-13-20(32)31(22(3,33)17-9-11-18(12-10-17)24(25,26)27)23(21(30)28)14-29(15-23)19-7-5-4-6-8-19/h4-12,16,28H,13-15H2,1-3,33H3. The number of carbonyl (C=O) groups is 1. The minimum absolute atomic E-state index is 0.00215. The number of nitrogens with one attached hydrogen (secondary N) is 1. The van der Waals surface area contributed by atoms with Crippen LogP contribution >= 0.6 is 0 Å². The summed E-state index contributed by atoms with van der Waals surface area (Å²) in [6.07, 6.45) is -4.41. The number of rotatable bonds is 4. The molecule has 2 fully saturated rings. The number of alkyl halides is 3. The van der Waals surface area contributed by atoms with Gasteiger partial charge in [0.2, 0.25) is 5.91 Å². The molecule has 2 aromatic rings. The summed E-state index contributed by atoms with van der Waals surface area (Å²) in [4.78, 5) is 19.3. The number of piperazine rings is 1. The Balaban J connectivity index is 1.73. The first kappa shape index (κ1) is 23.3. The van der Waals surface area contributed by atoms with Crippen LogP contribution < -0.4 is 4.90 Å². The van der Waals surface area contributed by atoms with Gasteiger partial charge in [-0.25, -0.2) is 0 Å². The SMILES string of the molecule is CC(C)N1CC(=O)N(C(C)([SiH3])c2ccc(C(F)(F)F)cc2)C2(CN(c3ccccc3)C2)C1=N. The normalized spacial score (nSPS) is 20.4. The Bertz CT molecular complexity index is 1050. The molecule has 2 heterocycles. The highest BCUT2D eigenvalue weighted by Gasteiger charge is 2.61. The van der Waals surface area contributed by atoms with Crippen molar-refractivity contribution in [2.75, 3.05) is 24.5 Å². The van der Waals surface area contributed by atoms with Crippen LogP contribution in [-0.2, 0) is 16.1 Å². The van der Waals surface area contributed by atoms with Gasteiger partial charge in [0.25, 0.3) is 0 Å². The Morgan fingerprint density at radius 1 is 1.00 bits per heavy atom. The first-order valence-corrected chi connectivity index (χ1v) is 12.0. The van der Waals surface area contributed by atoms with E-state index in [0.29, 0.717) is 34.7 Å². The van der Waals surface area contributed by atoms with E-state index in [1.165, 1.54) is 12.1 Å². The minimum Gasteiger partial charge on any atom is -0.366 e. The van der Waals surface area contributed by atoms with Crippen molar-refractivity contribution in [3.63, 3.8) is 0 Å². The lowest BCUT2D eigenvalue weighted by Gasteiger charge is -2.64. The van der Waals surface area contributed by atoms with Crippen LogP contribution in [0.25, 0.3) is 0 Å². The second-order valence-electron chi connectivity index (χ2n) is 9.66. The van der Waals surface area contributed by atoms with E-state index in [1.54, 1.807) is 4.90 Å². The molecule has 0 bridgehead atoms. The fourth-order valence-electron chi connectivity index (χ4n) is 5.09. The monoisotopic (exact) mass is 474 g/mol. The molecule has 0 aromatic heterocycles. The third-order valence-corrected chi connectivity index (χ3v) is 7.86. The van der Waals surface area contributed by atoms with Crippen LogP contribution in [0.1, 0.15) is 31.9 Å². The van der Waals surface area contributed by atoms with Gasteiger partial charge in [-0.15, -0.1) is 0 Å². The van der Waals surface area contributed by atoms with E-state index < -0.39 is 22.4 Å². The molecule has 2 aliphatic heterocycles. The van der Waals surface area contributed by atoms with Crippen molar-refractivity contribution in [2.24, 2.45) is 0 Å². The van der Waals surface area contributed by atoms with E-state index >= 15 is 0 Å². The maximum atomic E-state index is 13.6. The van der Waals surface area contributed by atoms with Crippen LogP contribution in [-0.4, -0.2) is 63.0 Å². The van der Waals surface area contributed by atoms with Gasteiger partial charge >= 0.3 is 6.18 Å². The number of benzene rings is 2. The summed E-state index contributed by atoms with van der Waals surface area (Å²) < 4.78 is 39.3. The van der Waals surface area contributed by atoms with Gasteiger partial charge in [-0.2, -0.15) is 13.2 Å².